The van der Waals surface area contributed by atoms with Crippen LogP contribution in [0.4, 0.5) is 10.2 Å². The maximum atomic E-state index is 14.2. The summed E-state index contributed by atoms with van der Waals surface area (Å²) in [5.74, 6) is -1.41. The number of benzene rings is 1. The number of nitrogen functional groups attached to an aromatic ring is 1. The summed E-state index contributed by atoms with van der Waals surface area (Å²) in [4.78, 5) is 24.7. The van der Waals surface area contributed by atoms with Gasteiger partial charge in [-0.1, -0.05) is 18.2 Å². The lowest BCUT2D eigenvalue weighted by Crippen LogP contribution is -2.46. The number of hydrogen-bond donors (Lipinski definition) is 3. The second-order valence-corrected chi connectivity index (χ2v) is 10.8. The number of halogens is 1. The summed E-state index contributed by atoms with van der Waals surface area (Å²) in [7, 11) is -4.17. The Morgan fingerprint density at radius 1 is 1.26 bits per heavy atom. The molecular formula is C24H30FN6O6P. The minimum absolute atomic E-state index is 0.175. The van der Waals surface area contributed by atoms with E-state index >= 15 is 0 Å². The largest absolute Gasteiger partial charge is 0.462 e. The predicted octanol–water partition coefficient (Wildman–Crippen LogP) is 3.17. The monoisotopic (exact) mass is 548 g/mol. The molecule has 1 aliphatic rings. The van der Waals surface area contributed by atoms with Crippen LogP contribution in [-0.2, 0) is 18.6 Å². The highest BCUT2D eigenvalue weighted by molar-refractivity contribution is 7.52. The van der Waals surface area contributed by atoms with Gasteiger partial charge >= 0.3 is 13.7 Å². The molecule has 5 atom stereocenters. The lowest BCUT2D eigenvalue weighted by Gasteiger charge is -2.46. The molecule has 0 radical (unpaired) electrons. The van der Waals surface area contributed by atoms with E-state index in [-0.39, 0.29) is 36.5 Å². The first-order valence-electron chi connectivity index (χ1n) is 12.0. The van der Waals surface area contributed by atoms with Crippen molar-refractivity contribution in [2.24, 2.45) is 11.8 Å². The van der Waals surface area contributed by atoms with Crippen LogP contribution >= 0.6 is 7.75 Å². The van der Waals surface area contributed by atoms with Gasteiger partial charge in [-0.3, -0.25) is 9.32 Å². The third-order valence-corrected chi connectivity index (χ3v) is 7.81. The van der Waals surface area contributed by atoms with Crippen molar-refractivity contribution in [3.05, 3.63) is 54.9 Å². The third kappa shape index (κ3) is 5.70. The smallest absolute Gasteiger partial charge is 0.459 e. The van der Waals surface area contributed by atoms with Crippen molar-refractivity contribution in [2.75, 3.05) is 18.9 Å². The molecule has 0 bridgehead atoms. The molecule has 2 aromatic heterocycles. The number of hydrogen-bond acceptors (Lipinski definition) is 10. The van der Waals surface area contributed by atoms with Gasteiger partial charge in [0.1, 0.15) is 23.6 Å². The van der Waals surface area contributed by atoms with E-state index in [2.05, 4.69) is 20.0 Å². The molecule has 0 saturated heterocycles. The van der Waals surface area contributed by atoms with E-state index in [1.54, 1.807) is 48.7 Å². The Labute approximate surface area is 218 Å². The SMILES string of the molecule is CC(C)OC(=O)[C@H](C)NP(=O)(OC[C@H]1/C(=C/F)[C@@H](n2cnc3c(N)ncnc32)[C@@H]1CO)Oc1ccccc1. The van der Waals surface area contributed by atoms with Crippen molar-refractivity contribution >= 4 is 30.7 Å². The average Bonchev–Trinajstić information content (AvgIpc) is 3.28. The maximum Gasteiger partial charge on any atom is 0.459 e. The van der Waals surface area contributed by atoms with Gasteiger partial charge in [0.2, 0.25) is 0 Å². The van der Waals surface area contributed by atoms with Gasteiger partial charge in [-0.05, 0) is 38.5 Å². The number of nitrogens with two attached hydrogens (primary N) is 1. The standard InChI is InChI=1S/C24H30FN6O6P/c1-14(2)36-24(33)15(3)30-38(34,37-16-7-5-4-6-8-16)35-11-19-17(9-25)21(18(19)10-32)31-13-29-20-22(26)27-12-28-23(20)31/h4-9,12-15,18-19,21,32H,10-11H2,1-3H3,(H,30,34)(H2,26,27,28)/b17-9-/t15-,18+,19-,21+,38?/m0/s1. The first-order chi connectivity index (χ1) is 18.2. The van der Waals surface area contributed by atoms with Crippen LogP contribution in [-0.4, -0.2) is 56.0 Å². The van der Waals surface area contributed by atoms with E-state index in [0.717, 1.165) is 0 Å². The number of rotatable bonds is 11. The molecule has 1 aliphatic carbocycles. The van der Waals surface area contributed by atoms with E-state index in [1.165, 1.54) is 19.6 Å². The van der Waals surface area contributed by atoms with E-state index in [4.69, 9.17) is 19.5 Å². The number of imidazole rings is 1. The zero-order valence-corrected chi connectivity index (χ0v) is 22.0. The number of nitrogens with one attached hydrogen (secondary N) is 1. The number of aliphatic hydroxyl groups excluding tert-OH is 1. The Morgan fingerprint density at radius 2 is 2.00 bits per heavy atom. The van der Waals surface area contributed by atoms with E-state index in [1.807, 2.05) is 0 Å². The lowest BCUT2D eigenvalue weighted by molar-refractivity contribution is -0.149. The molecule has 1 fully saturated rings. The second-order valence-electron chi connectivity index (χ2n) is 9.12. The average molecular weight is 549 g/mol. The number of fused-ring (bicyclic) bond motifs is 1. The van der Waals surface area contributed by atoms with Gasteiger partial charge in [0.05, 0.1) is 31.4 Å². The Balaban J connectivity index is 1.54. The van der Waals surface area contributed by atoms with Gasteiger partial charge in [0, 0.05) is 18.4 Å². The number of ether oxygens (including phenoxy) is 1. The van der Waals surface area contributed by atoms with Crippen molar-refractivity contribution in [1.29, 1.82) is 0 Å². The topological polar surface area (TPSA) is 164 Å². The van der Waals surface area contributed by atoms with Gasteiger partial charge in [-0.2, -0.15) is 5.09 Å². The van der Waals surface area contributed by atoms with Crippen LogP contribution in [0.1, 0.15) is 26.8 Å². The summed E-state index contributed by atoms with van der Waals surface area (Å²) in [5, 5.41) is 12.8. The van der Waals surface area contributed by atoms with Crippen LogP contribution < -0.4 is 15.3 Å². The number of esters is 1. The molecule has 4 N–H and O–H groups in total. The van der Waals surface area contributed by atoms with Crippen LogP contribution in [0.2, 0.25) is 0 Å². The number of nitrogens with zero attached hydrogens (tertiary/aromatic N) is 4. The molecular weight excluding hydrogens is 518 g/mol. The molecule has 0 spiro atoms. The molecule has 3 aromatic rings. The number of para-hydroxylation sites is 1. The van der Waals surface area contributed by atoms with Crippen molar-refractivity contribution in [3.63, 3.8) is 0 Å². The summed E-state index contributed by atoms with van der Waals surface area (Å²) in [6.45, 7) is 4.25. The van der Waals surface area contributed by atoms with Crippen LogP contribution in [0.15, 0.2) is 54.9 Å². The highest BCUT2D eigenvalue weighted by atomic mass is 31.2. The van der Waals surface area contributed by atoms with Crippen molar-refractivity contribution < 1.29 is 32.6 Å². The summed E-state index contributed by atoms with van der Waals surface area (Å²) in [6, 6.07) is 6.62. The normalized spacial score (nSPS) is 22.7. The first-order valence-corrected chi connectivity index (χ1v) is 13.5. The molecule has 4 rings (SSSR count). The molecule has 2 heterocycles. The fourth-order valence-corrected chi connectivity index (χ4v) is 5.88. The summed E-state index contributed by atoms with van der Waals surface area (Å²) >= 11 is 0. The molecule has 204 valence electrons. The second kappa shape index (κ2) is 11.6. The van der Waals surface area contributed by atoms with Crippen molar-refractivity contribution in [3.8, 4) is 5.75 Å². The summed E-state index contributed by atoms with van der Waals surface area (Å²) in [5.41, 5.74) is 6.89. The number of anilines is 1. The number of aromatic nitrogens is 4. The molecule has 12 nitrogen and oxygen atoms in total. The van der Waals surface area contributed by atoms with E-state index < -0.39 is 37.6 Å². The first kappa shape index (κ1) is 27.6. The van der Waals surface area contributed by atoms with Gasteiger partial charge in [-0.25, -0.2) is 23.9 Å². The van der Waals surface area contributed by atoms with Gasteiger partial charge in [0.25, 0.3) is 0 Å². The fraction of sp³-hybridized carbons (Fsp3) is 0.417. The molecule has 0 amide bonds. The van der Waals surface area contributed by atoms with Gasteiger partial charge in [-0.15, -0.1) is 0 Å². The molecule has 38 heavy (non-hydrogen) atoms. The molecule has 1 unspecified atom stereocenters. The zero-order valence-electron chi connectivity index (χ0n) is 21.1. The number of carbonyl (C=O) groups excluding carboxylic acids is 1. The molecule has 1 aromatic carbocycles. The van der Waals surface area contributed by atoms with E-state index in [0.29, 0.717) is 17.5 Å². The summed E-state index contributed by atoms with van der Waals surface area (Å²) in [6.07, 6.45) is 2.78. The van der Waals surface area contributed by atoms with Crippen LogP contribution in [0.25, 0.3) is 11.2 Å². The van der Waals surface area contributed by atoms with E-state index in [9.17, 15) is 18.9 Å². The Bertz CT molecular complexity index is 1350. The Morgan fingerprint density at radius 3 is 2.66 bits per heavy atom. The van der Waals surface area contributed by atoms with Crippen LogP contribution in [0.3, 0.4) is 0 Å². The highest BCUT2D eigenvalue weighted by Crippen LogP contribution is 2.53. The van der Waals surface area contributed by atoms with Crippen LogP contribution in [0, 0.1) is 11.8 Å². The fourth-order valence-electron chi connectivity index (χ4n) is 4.36. The zero-order chi connectivity index (χ0) is 27.4. The molecule has 1 saturated carbocycles. The third-order valence-electron chi connectivity index (χ3n) is 6.17. The van der Waals surface area contributed by atoms with Crippen LogP contribution in [0.5, 0.6) is 5.75 Å². The highest BCUT2D eigenvalue weighted by Gasteiger charge is 2.49. The minimum atomic E-state index is -4.17. The maximum absolute atomic E-state index is 14.2. The van der Waals surface area contributed by atoms with Gasteiger partial charge < -0.3 is 24.7 Å². The summed E-state index contributed by atoms with van der Waals surface area (Å²) < 4.78 is 46.1. The number of aliphatic hydroxyl groups is 1. The predicted molar refractivity (Wildman–Crippen MR) is 136 cm³/mol. The molecule has 14 heteroatoms. The van der Waals surface area contributed by atoms with Gasteiger partial charge in [0.15, 0.2) is 11.5 Å². The number of carbonyl (C=O) groups is 1. The quantitative estimate of drug-likeness (QED) is 0.238. The van der Waals surface area contributed by atoms with Crippen molar-refractivity contribution in [1.82, 2.24) is 24.6 Å². The molecule has 0 aliphatic heterocycles. The van der Waals surface area contributed by atoms with Crippen molar-refractivity contribution in [2.45, 2.75) is 39.0 Å². The Kier molecular flexibility index (Phi) is 8.41. The minimum Gasteiger partial charge on any atom is -0.462 e. The Hall–Kier alpha value is -3.38. The lowest BCUT2D eigenvalue weighted by atomic mass is 9.66.